The van der Waals surface area contributed by atoms with Crippen LogP contribution >= 0.6 is 24.0 Å². The van der Waals surface area contributed by atoms with Gasteiger partial charge in [0.25, 0.3) is 0 Å². The van der Waals surface area contributed by atoms with Crippen LogP contribution in [0.5, 0.6) is 0 Å². The molecule has 0 atom stereocenters. The first kappa shape index (κ1) is 9.55. The van der Waals surface area contributed by atoms with Crippen molar-refractivity contribution in [3.8, 4) is 0 Å². The fourth-order valence-electron chi connectivity index (χ4n) is 1.11. The molecule has 1 aromatic carbocycles. The van der Waals surface area contributed by atoms with Gasteiger partial charge in [0.15, 0.2) is 5.13 Å². The van der Waals surface area contributed by atoms with Crippen LogP contribution in [-0.4, -0.2) is 4.98 Å². The summed E-state index contributed by atoms with van der Waals surface area (Å²) in [5, 5.41) is 6.15. The highest BCUT2D eigenvalue weighted by molar-refractivity contribution is 7.80. The Balaban J connectivity index is 2.23. The molecule has 2 nitrogen and oxygen atoms in total. The third-order valence-corrected chi connectivity index (χ3v) is 3.03. The minimum absolute atomic E-state index is 0.906. The van der Waals surface area contributed by atoms with Gasteiger partial charge in [-0.1, -0.05) is 12.1 Å². The summed E-state index contributed by atoms with van der Waals surface area (Å²) >= 11 is 5.95. The molecule has 0 saturated heterocycles. The average molecular weight is 222 g/mol. The van der Waals surface area contributed by atoms with Crippen LogP contribution in [-0.2, 0) is 0 Å². The Bertz CT molecular complexity index is 437. The first-order chi connectivity index (χ1) is 6.75. The van der Waals surface area contributed by atoms with Crippen molar-refractivity contribution in [2.24, 2.45) is 0 Å². The van der Waals surface area contributed by atoms with E-state index in [4.69, 9.17) is 0 Å². The standard InChI is InChI=1S/C10H10N2S2/c1-7-6-14-10(11-7)12-8-4-2-3-5-9(8)13/h2-6,13H,1H3,(H,11,12). The fourth-order valence-corrected chi connectivity index (χ4v) is 2.02. The fraction of sp³-hybridized carbons (Fsp3) is 0.100. The van der Waals surface area contributed by atoms with Crippen molar-refractivity contribution >= 4 is 34.8 Å². The van der Waals surface area contributed by atoms with E-state index in [1.54, 1.807) is 11.3 Å². The number of para-hydroxylation sites is 1. The van der Waals surface area contributed by atoms with Gasteiger partial charge in [-0.25, -0.2) is 4.98 Å². The second kappa shape index (κ2) is 4.02. The van der Waals surface area contributed by atoms with E-state index in [9.17, 15) is 0 Å². The zero-order chi connectivity index (χ0) is 9.97. The molecule has 0 bridgehead atoms. The largest absolute Gasteiger partial charge is 0.331 e. The summed E-state index contributed by atoms with van der Waals surface area (Å²) in [5.74, 6) is 0. The van der Waals surface area contributed by atoms with Crippen LogP contribution in [0.4, 0.5) is 10.8 Å². The lowest BCUT2D eigenvalue weighted by molar-refractivity contribution is 1.25. The van der Waals surface area contributed by atoms with Crippen LogP contribution in [0.25, 0.3) is 0 Å². The van der Waals surface area contributed by atoms with Gasteiger partial charge in [-0.15, -0.1) is 24.0 Å². The predicted molar refractivity (Wildman–Crippen MR) is 63.8 cm³/mol. The topological polar surface area (TPSA) is 24.9 Å². The molecular weight excluding hydrogens is 212 g/mol. The summed E-state index contributed by atoms with van der Waals surface area (Å²) in [4.78, 5) is 5.25. The van der Waals surface area contributed by atoms with E-state index in [0.717, 1.165) is 21.4 Å². The predicted octanol–water partition coefficient (Wildman–Crippen LogP) is 3.48. The third-order valence-electron chi connectivity index (χ3n) is 1.76. The molecule has 0 aliphatic rings. The first-order valence-corrected chi connectivity index (χ1v) is 5.55. The second-order valence-corrected chi connectivity index (χ2v) is 4.28. The number of benzene rings is 1. The van der Waals surface area contributed by atoms with Gasteiger partial charge in [-0.3, -0.25) is 0 Å². The minimum atomic E-state index is 0.906. The van der Waals surface area contributed by atoms with E-state index < -0.39 is 0 Å². The Kier molecular flexibility index (Phi) is 2.74. The molecule has 0 unspecified atom stereocenters. The summed E-state index contributed by atoms with van der Waals surface area (Å²) in [7, 11) is 0. The molecule has 1 N–H and O–H groups in total. The molecule has 1 aromatic heterocycles. The molecule has 2 rings (SSSR count). The number of hydrogen-bond donors (Lipinski definition) is 2. The molecule has 2 aromatic rings. The van der Waals surface area contributed by atoms with E-state index in [2.05, 4.69) is 22.9 Å². The van der Waals surface area contributed by atoms with E-state index in [-0.39, 0.29) is 0 Å². The number of anilines is 2. The van der Waals surface area contributed by atoms with Crippen molar-refractivity contribution in [1.82, 2.24) is 4.98 Å². The van der Waals surface area contributed by atoms with Crippen LogP contribution in [0.1, 0.15) is 5.69 Å². The maximum atomic E-state index is 4.35. The second-order valence-electron chi connectivity index (χ2n) is 2.94. The maximum absolute atomic E-state index is 4.35. The van der Waals surface area contributed by atoms with Gasteiger partial charge in [0, 0.05) is 10.3 Å². The van der Waals surface area contributed by atoms with Gasteiger partial charge in [0.2, 0.25) is 0 Å². The maximum Gasteiger partial charge on any atom is 0.187 e. The number of nitrogens with one attached hydrogen (secondary N) is 1. The van der Waals surface area contributed by atoms with Crippen LogP contribution in [0.15, 0.2) is 34.5 Å². The van der Waals surface area contributed by atoms with E-state index in [1.165, 1.54) is 0 Å². The number of nitrogens with zero attached hydrogens (tertiary/aromatic N) is 1. The summed E-state index contributed by atoms with van der Waals surface area (Å²) in [6.45, 7) is 1.98. The highest BCUT2D eigenvalue weighted by Crippen LogP contribution is 2.25. The summed E-state index contributed by atoms with van der Waals surface area (Å²) in [6, 6.07) is 7.87. The quantitative estimate of drug-likeness (QED) is 0.760. The molecular formula is C10H10N2S2. The lowest BCUT2D eigenvalue weighted by atomic mass is 10.3. The molecule has 0 fully saturated rings. The molecule has 0 aliphatic heterocycles. The third kappa shape index (κ3) is 2.08. The zero-order valence-corrected chi connectivity index (χ0v) is 9.40. The lowest BCUT2D eigenvalue weighted by Crippen LogP contribution is -1.90. The Morgan fingerprint density at radius 1 is 1.36 bits per heavy atom. The highest BCUT2D eigenvalue weighted by Gasteiger charge is 2.00. The number of aromatic nitrogens is 1. The van der Waals surface area contributed by atoms with Crippen molar-refractivity contribution in [2.45, 2.75) is 11.8 Å². The zero-order valence-electron chi connectivity index (χ0n) is 7.69. The van der Waals surface area contributed by atoms with Crippen LogP contribution < -0.4 is 5.32 Å². The molecule has 14 heavy (non-hydrogen) atoms. The molecule has 0 amide bonds. The average Bonchev–Trinajstić information content (AvgIpc) is 2.56. The van der Waals surface area contributed by atoms with Gasteiger partial charge in [0.05, 0.1) is 11.4 Å². The number of thiol groups is 1. The number of hydrogen-bond acceptors (Lipinski definition) is 4. The highest BCUT2D eigenvalue weighted by atomic mass is 32.1. The van der Waals surface area contributed by atoms with Crippen LogP contribution in [0.2, 0.25) is 0 Å². The molecule has 4 heteroatoms. The van der Waals surface area contributed by atoms with Crippen molar-refractivity contribution in [1.29, 1.82) is 0 Å². The number of rotatable bonds is 2. The van der Waals surface area contributed by atoms with Crippen molar-refractivity contribution in [3.05, 3.63) is 35.3 Å². The summed E-state index contributed by atoms with van der Waals surface area (Å²) in [6.07, 6.45) is 0. The van der Waals surface area contributed by atoms with Crippen LogP contribution in [0.3, 0.4) is 0 Å². The molecule has 0 saturated carbocycles. The Morgan fingerprint density at radius 3 is 2.79 bits per heavy atom. The van der Waals surface area contributed by atoms with Crippen molar-refractivity contribution in [2.75, 3.05) is 5.32 Å². The van der Waals surface area contributed by atoms with Gasteiger partial charge in [-0.05, 0) is 19.1 Å². The Morgan fingerprint density at radius 2 is 2.14 bits per heavy atom. The molecule has 0 radical (unpaired) electrons. The van der Waals surface area contributed by atoms with Crippen molar-refractivity contribution < 1.29 is 0 Å². The number of thiazole rings is 1. The van der Waals surface area contributed by atoms with Gasteiger partial charge in [0.1, 0.15) is 0 Å². The smallest absolute Gasteiger partial charge is 0.187 e. The molecule has 0 aliphatic carbocycles. The van der Waals surface area contributed by atoms with Gasteiger partial charge in [-0.2, -0.15) is 0 Å². The number of aryl methyl sites for hydroxylation is 1. The molecule has 1 heterocycles. The lowest BCUT2D eigenvalue weighted by Gasteiger charge is -2.04. The monoisotopic (exact) mass is 222 g/mol. The molecule has 0 spiro atoms. The summed E-state index contributed by atoms with van der Waals surface area (Å²) in [5.41, 5.74) is 2.03. The normalized spacial score (nSPS) is 10.1. The van der Waals surface area contributed by atoms with Gasteiger partial charge >= 0.3 is 0 Å². The van der Waals surface area contributed by atoms with E-state index >= 15 is 0 Å². The van der Waals surface area contributed by atoms with Gasteiger partial charge < -0.3 is 5.32 Å². The first-order valence-electron chi connectivity index (χ1n) is 4.23. The van der Waals surface area contributed by atoms with Crippen LogP contribution in [0, 0.1) is 6.92 Å². The van der Waals surface area contributed by atoms with E-state index in [1.807, 2.05) is 36.6 Å². The Hall–Kier alpha value is -1.00. The Labute approximate surface area is 92.4 Å². The SMILES string of the molecule is Cc1csc(Nc2ccccc2S)n1. The van der Waals surface area contributed by atoms with E-state index in [0.29, 0.717) is 0 Å². The van der Waals surface area contributed by atoms with Crippen molar-refractivity contribution in [3.63, 3.8) is 0 Å². The minimum Gasteiger partial charge on any atom is -0.331 e. The summed E-state index contributed by atoms with van der Waals surface area (Å²) < 4.78 is 0. The molecule has 72 valence electrons.